The maximum absolute atomic E-state index is 12.1. The minimum absolute atomic E-state index is 0.00639. The smallest absolute Gasteiger partial charge is 0.246 e. The van der Waals surface area contributed by atoms with Crippen LogP contribution in [0.15, 0.2) is 22.6 Å². The number of furan rings is 1. The molecule has 0 saturated carbocycles. The van der Waals surface area contributed by atoms with Gasteiger partial charge >= 0.3 is 0 Å². The van der Waals surface area contributed by atoms with Crippen molar-refractivity contribution in [1.29, 1.82) is 0 Å². The fourth-order valence-electron chi connectivity index (χ4n) is 2.66. The van der Waals surface area contributed by atoms with Gasteiger partial charge in [-0.25, -0.2) is 0 Å². The third-order valence-electron chi connectivity index (χ3n) is 3.80. The summed E-state index contributed by atoms with van der Waals surface area (Å²) < 4.78 is 16.7. The van der Waals surface area contributed by atoms with Gasteiger partial charge in [0.25, 0.3) is 0 Å². The fourth-order valence-corrected chi connectivity index (χ4v) is 2.66. The van der Waals surface area contributed by atoms with Gasteiger partial charge in [0, 0.05) is 32.0 Å². The summed E-state index contributed by atoms with van der Waals surface area (Å²) in [4.78, 5) is 13.9. The molecular weight excluding hydrogens is 258 g/mol. The second-order valence-electron chi connectivity index (χ2n) is 5.21. The van der Waals surface area contributed by atoms with Crippen LogP contribution < -0.4 is 0 Å². The largest absolute Gasteiger partial charge is 0.462 e. The lowest BCUT2D eigenvalue weighted by atomic mass is 10.0. The molecular formula is C15H19NO4. The van der Waals surface area contributed by atoms with Crippen LogP contribution in [0, 0.1) is 6.92 Å². The highest BCUT2D eigenvalue weighted by Crippen LogP contribution is 2.31. The Labute approximate surface area is 118 Å². The van der Waals surface area contributed by atoms with Crippen molar-refractivity contribution in [2.75, 3.05) is 26.3 Å². The SMILES string of the molecule is Cc1ccc(/C=C/C(=O)N2CCC3(CC2)OCCO3)o1. The van der Waals surface area contributed by atoms with Crippen molar-refractivity contribution < 1.29 is 18.7 Å². The van der Waals surface area contributed by atoms with E-state index in [-0.39, 0.29) is 5.91 Å². The number of carbonyl (C=O) groups excluding carboxylic acids is 1. The van der Waals surface area contributed by atoms with Crippen molar-refractivity contribution in [1.82, 2.24) is 4.90 Å². The van der Waals surface area contributed by atoms with Crippen molar-refractivity contribution in [3.63, 3.8) is 0 Å². The molecule has 2 fully saturated rings. The normalized spacial score (nSPS) is 21.9. The van der Waals surface area contributed by atoms with E-state index in [0.29, 0.717) is 32.1 Å². The highest BCUT2D eigenvalue weighted by molar-refractivity contribution is 5.91. The molecule has 0 atom stereocenters. The predicted octanol–water partition coefficient (Wildman–Crippen LogP) is 1.97. The maximum atomic E-state index is 12.1. The molecule has 2 aliphatic rings. The third-order valence-corrected chi connectivity index (χ3v) is 3.80. The van der Waals surface area contributed by atoms with Gasteiger partial charge in [-0.1, -0.05) is 0 Å². The number of likely N-dealkylation sites (tertiary alicyclic amines) is 1. The Morgan fingerprint density at radius 2 is 1.95 bits per heavy atom. The summed E-state index contributed by atoms with van der Waals surface area (Å²) in [6.07, 6.45) is 4.76. The summed E-state index contributed by atoms with van der Waals surface area (Å²) in [5.41, 5.74) is 0. The molecule has 0 aliphatic carbocycles. The quantitative estimate of drug-likeness (QED) is 0.776. The molecule has 108 valence electrons. The Kier molecular flexibility index (Phi) is 3.63. The Morgan fingerprint density at radius 3 is 2.55 bits per heavy atom. The molecule has 3 rings (SSSR count). The number of hydrogen-bond acceptors (Lipinski definition) is 4. The zero-order chi connectivity index (χ0) is 14.0. The van der Waals surface area contributed by atoms with Gasteiger partial charge in [0.05, 0.1) is 13.2 Å². The fraction of sp³-hybridized carbons (Fsp3) is 0.533. The minimum Gasteiger partial charge on any atom is -0.462 e. The molecule has 0 radical (unpaired) electrons. The monoisotopic (exact) mass is 277 g/mol. The number of rotatable bonds is 2. The van der Waals surface area contributed by atoms with Crippen LogP contribution in [-0.4, -0.2) is 42.9 Å². The summed E-state index contributed by atoms with van der Waals surface area (Å²) in [6.45, 7) is 4.53. The lowest BCUT2D eigenvalue weighted by molar-refractivity contribution is -0.186. The van der Waals surface area contributed by atoms with Crippen molar-refractivity contribution in [3.05, 3.63) is 29.7 Å². The highest BCUT2D eigenvalue weighted by Gasteiger charge is 2.40. The topological polar surface area (TPSA) is 51.9 Å². The molecule has 0 N–H and O–H groups in total. The first-order valence-corrected chi connectivity index (χ1v) is 6.98. The van der Waals surface area contributed by atoms with Gasteiger partial charge in [-0.15, -0.1) is 0 Å². The second kappa shape index (κ2) is 5.42. The van der Waals surface area contributed by atoms with Gasteiger partial charge < -0.3 is 18.8 Å². The number of ether oxygens (including phenoxy) is 2. The van der Waals surface area contributed by atoms with Crippen molar-refractivity contribution in [2.24, 2.45) is 0 Å². The Bertz CT molecular complexity index is 504. The Morgan fingerprint density at radius 1 is 1.25 bits per heavy atom. The highest BCUT2D eigenvalue weighted by atomic mass is 16.7. The average Bonchev–Trinajstić information content (AvgIpc) is 3.07. The number of amides is 1. The number of aryl methyl sites for hydroxylation is 1. The zero-order valence-corrected chi connectivity index (χ0v) is 11.6. The molecule has 20 heavy (non-hydrogen) atoms. The first kappa shape index (κ1) is 13.4. The molecule has 0 bridgehead atoms. The number of piperidine rings is 1. The van der Waals surface area contributed by atoms with E-state index >= 15 is 0 Å². The molecule has 5 heteroatoms. The molecule has 0 unspecified atom stereocenters. The van der Waals surface area contributed by atoms with Crippen LogP contribution >= 0.6 is 0 Å². The van der Waals surface area contributed by atoms with E-state index in [1.54, 1.807) is 12.2 Å². The van der Waals surface area contributed by atoms with E-state index in [1.165, 1.54) is 0 Å². The summed E-state index contributed by atoms with van der Waals surface area (Å²) >= 11 is 0. The van der Waals surface area contributed by atoms with Crippen LogP contribution in [0.3, 0.4) is 0 Å². The molecule has 1 aromatic rings. The summed E-state index contributed by atoms with van der Waals surface area (Å²) in [5.74, 6) is 1.12. The van der Waals surface area contributed by atoms with Gasteiger partial charge in [0.1, 0.15) is 11.5 Å². The van der Waals surface area contributed by atoms with Gasteiger partial charge in [-0.05, 0) is 25.1 Å². The third kappa shape index (κ3) is 2.78. The lowest BCUT2D eigenvalue weighted by Crippen LogP contribution is -2.46. The molecule has 2 saturated heterocycles. The van der Waals surface area contributed by atoms with Crippen molar-refractivity contribution in [3.8, 4) is 0 Å². The van der Waals surface area contributed by atoms with Crippen molar-refractivity contribution in [2.45, 2.75) is 25.6 Å². The first-order valence-electron chi connectivity index (χ1n) is 6.98. The van der Waals surface area contributed by atoms with E-state index in [4.69, 9.17) is 13.9 Å². The summed E-state index contributed by atoms with van der Waals surface area (Å²) in [5, 5.41) is 0. The van der Waals surface area contributed by atoms with Gasteiger partial charge in [-0.3, -0.25) is 4.79 Å². The second-order valence-corrected chi connectivity index (χ2v) is 5.21. The average molecular weight is 277 g/mol. The van der Waals surface area contributed by atoms with Crippen LogP contribution in [0.1, 0.15) is 24.4 Å². The number of hydrogen-bond donors (Lipinski definition) is 0. The maximum Gasteiger partial charge on any atom is 0.246 e. The van der Waals surface area contributed by atoms with E-state index in [0.717, 1.165) is 18.6 Å². The molecule has 2 aliphatic heterocycles. The van der Waals surface area contributed by atoms with E-state index in [9.17, 15) is 4.79 Å². The molecule has 1 amide bonds. The van der Waals surface area contributed by atoms with Gasteiger partial charge in [0.2, 0.25) is 5.91 Å². The van der Waals surface area contributed by atoms with E-state index in [2.05, 4.69) is 0 Å². The number of carbonyl (C=O) groups is 1. The van der Waals surface area contributed by atoms with Crippen LogP contribution in [0.4, 0.5) is 0 Å². The predicted molar refractivity (Wildman–Crippen MR) is 72.9 cm³/mol. The molecule has 1 aromatic heterocycles. The first-order chi connectivity index (χ1) is 9.67. The Hall–Kier alpha value is -1.59. The zero-order valence-electron chi connectivity index (χ0n) is 11.6. The summed E-state index contributed by atoms with van der Waals surface area (Å²) in [7, 11) is 0. The van der Waals surface area contributed by atoms with Gasteiger partial charge in [-0.2, -0.15) is 0 Å². The Balaban J connectivity index is 1.55. The lowest BCUT2D eigenvalue weighted by Gasteiger charge is -2.37. The molecule has 0 aromatic carbocycles. The van der Waals surface area contributed by atoms with Crippen LogP contribution in [0.2, 0.25) is 0 Å². The van der Waals surface area contributed by atoms with E-state index in [1.807, 2.05) is 24.0 Å². The van der Waals surface area contributed by atoms with Crippen LogP contribution in [0.5, 0.6) is 0 Å². The van der Waals surface area contributed by atoms with E-state index < -0.39 is 5.79 Å². The standard InChI is InChI=1S/C15H19NO4/c1-12-2-3-13(20-12)4-5-14(17)16-8-6-15(7-9-16)18-10-11-19-15/h2-5H,6-11H2,1H3/b5-4+. The van der Waals surface area contributed by atoms with Gasteiger partial charge in [0.15, 0.2) is 5.79 Å². The summed E-state index contributed by atoms with van der Waals surface area (Å²) in [6, 6.07) is 3.73. The number of nitrogens with zero attached hydrogens (tertiary/aromatic N) is 1. The minimum atomic E-state index is -0.432. The van der Waals surface area contributed by atoms with Crippen LogP contribution in [-0.2, 0) is 14.3 Å². The van der Waals surface area contributed by atoms with Crippen molar-refractivity contribution >= 4 is 12.0 Å². The molecule has 3 heterocycles. The molecule has 5 nitrogen and oxygen atoms in total. The molecule has 1 spiro atoms. The van der Waals surface area contributed by atoms with Crippen LogP contribution in [0.25, 0.3) is 6.08 Å².